The summed E-state index contributed by atoms with van der Waals surface area (Å²) in [6, 6.07) is 6.51. The number of hydrogen-bond donors (Lipinski definition) is 1. The Labute approximate surface area is 96.6 Å². The van der Waals surface area contributed by atoms with Crippen LogP contribution in [-0.4, -0.2) is 14.8 Å². The topological polar surface area (TPSA) is 56.7 Å². The Morgan fingerprint density at radius 2 is 2.25 bits per heavy atom. The molecular formula is C11H8ClN4. The number of pyridine rings is 1. The fourth-order valence-electron chi connectivity index (χ4n) is 1.87. The van der Waals surface area contributed by atoms with E-state index >= 15 is 0 Å². The van der Waals surface area contributed by atoms with Gasteiger partial charge in [0.25, 0.3) is 0 Å². The molecule has 0 aliphatic heterocycles. The van der Waals surface area contributed by atoms with E-state index in [-0.39, 0.29) is 0 Å². The van der Waals surface area contributed by atoms with Gasteiger partial charge < -0.3 is 5.73 Å². The van der Waals surface area contributed by atoms with Crippen LogP contribution in [0.4, 0.5) is 5.82 Å². The quantitative estimate of drug-likeness (QED) is 0.645. The summed E-state index contributed by atoms with van der Waals surface area (Å²) in [5.74, 6) is 0.470. The van der Waals surface area contributed by atoms with E-state index in [1.807, 2.05) is 13.1 Å². The monoisotopic (exact) mass is 231 g/mol. The number of fused-ring (bicyclic) bond motifs is 3. The highest BCUT2D eigenvalue weighted by Gasteiger charge is 2.10. The van der Waals surface area contributed by atoms with Crippen molar-refractivity contribution >= 4 is 39.2 Å². The fraction of sp³-hybridized carbons (Fsp3) is 0.0909. The highest BCUT2D eigenvalue weighted by molar-refractivity contribution is 6.31. The number of nitrogen functional groups attached to an aromatic ring is 1. The Kier molecular flexibility index (Phi) is 1.82. The fourth-order valence-corrected chi connectivity index (χ4v) is 2.03. The lowest BCUT2D eigenvalue weighted by Crippen LogP contribution is -1.95. The van der Waals surface area contributed by atoms with Crippen molar-refractivity contribution in [1.82, 2.24) is 14.8 Å². The first kappa shape index (κ1) is 9.42. The van der Waals surface area contributed by atoms with Crippen molar-refractivity contribution in [2.75, 3.05) is 5.73 Å². The van der Waals surface area contributed by atoms with Gasteiger partial charge in [-0.3, -0.25) is 4.68 Å². The second kappa shape index (κ2) is 3.09. The third kappa shape index (κ3) is 1.17. The second-order valence-corrected chi connectivity index (χ2v) is 4.01. The third-order valence-electron chi connectivity index (χ3n) is 2.60. The van der Waals surface area contributed by atoms with Crippen LogP contribution in [0.25, 0.3) is 21.8 Å². The predicted molar refractivity (Wildman–Crippen MR) is 64.3 cm³/mol. The van der Waals surface area contributed by atoms with Crippen molar-refractivity contribution in [3.63, 3.8) is 0 Å². The Hall–Kier alpha value is -1.81. The van der Waals surface area contributed by atoms with Crippen molar-refractivity contribution in [3.8, 4) is 0 Å². The van der Waals surface area contributed by atoms with Gasteiger partial charge in [-0.1, -0.05) is 11.6 Å². The van der Waals surface area contributed by atoms with Crippen LogP contribution in [0.5, 0.6) is 0 Å². The Morgan fingerprint density at radius 1 is 1.44 bits per heavy atom. The summed E-state index contributed by atoms with van der Waals surface area (Å²) < 4.78 is 1.78. The summed E-state index contributed by atoms with van der Waals surface area (Å²) >= 11 is 5.88. The van der Waals surface area contributed by atoms with Crippen LogP contribution in [0, 0.1) is 6.07 Å². The number of aryl methyl sites for hydroxylation is 1. The molecule has 3 rings (SSSR count). The summed E-state index contributed by atoms with van der Waals surface area (Å²) in [6.45, 7) is 0. The number of benzene rings is 1. The number of anilines is 1. The first-order valence-electron chi connectivity index (χ1n) is 4.75. The molecule has 79 valence electrons. The smallest absolute Gasteiger partial charge is 0.135 e. The molecule has 0 saturated heterocycles. The molecule has 2 aromatic heterocycles. The summed E-state index contributed by atoms with van der Waals surface area (Å²) in [7, 11) is 1.87. The molecule has 4 nitrogen and oxygen atoms in total. The highest BCUT2D eigenvalue weighted by atomic mass is 35.5. The van der Waals surface area contributed by atoms with E-state index in [0.717, 1.165) is 21.8 Å². The highest BCUT2D eigenvalue weighted by Crippen LogP contribution is 2.28. The molecule has 0 aliphatic carbocycles. The molecule has 3 aromatic rings. The van der Waals surface area contributed by atoms with E-state index < -0.39 is 0 Å². The van der Waals surface area contributed by atoms with Gasteiger partial charge in [0, 0.05) is 18.5 Å². The first-order chi connectivity index (χ1) is 7.66. The van der Waals surface area contributed by atoms with Crippen molar-refractivity contribution in [3.05, 3.63) is 29.4 Å². The molecule has 5 heteroatoms. The summed E-state index contributed by atoms with van der Waals surface area (Å²) in [5.41, 5.74) is 7.58. The number of hydrogen-bond acceptors (Lipinski definition) is 3. The average Bonchev–Trinajstić information content (AvgIpc) is 2.61. The van der Waals surface area contributed by atoms with Crippen molar-refractivity contribution in [1.29, 1.82) is 0 Å². The zero-order chi connectivity index (χ0) is 11.3. The summed E-state index contributed by atoms with van der Waals surface area (Å²) in [6.07, 6.45) is 1.71. The lowest BCUT2D eigenvalue weighted by atomic mass is 10.1. The van der Waals surface area contributed by atoms with Gasteiger partial charge in [-0.2, -0.15) is 5.10 Å². The van der Waals surface area contributed by atoms with Gasteiger partial charge in [0.1, 0.15) is 5.82 Å². The summed E-state index contributed by atoms with van der Waals surface area (Å²) in [4.78, 5) is 4.30. The van der Waals surface area contributed by atoms with Gasteiger partial charge >= 0.3 is 0 Å². The number of aromatic nitrogens is 3. The van der Waals surface area contributed by atoms with Gasteiger partial charge in [-0.25, -0.2) is 4.98 Å². The SMILES string of the molecule is Cn1ncc2c(N)nc3cc(Cl)[c]cc3c21. The molecular weight excluding hydrogens is 224 g/mol. The lowest BCUT2D eigenvalue weighted by molar-refractivity contribution is 0.799. The van der Waals surface area contributed by atoms with Gasteiger partial charge in [0.15, 0.2) is 0 Å². The minimum absolute atomic E-state index is 0.470. The van der Waals surface area contributed by atoms with E-state index in [9.17, 15) is 0 Å². The predicted octanol–water partition coefficient (Wildman–Crippen LogP) is 2.16. The third-order valence-corrected chi connectivity index (χ3v) is 2.82. The molecule has 0 bridgehead atoms. The molecule has 2 heterocycles. The van der Waals surface area contributed by atoms with E-state index in [0.29, 0.717) is 10.8 Å². The molecule has 1 aromatic carbocycles. The molecule has 0 amide bonds. The maximum atomic E-state index is 5.88. The first-order valence-corrected chi connectivity index (χ1v) is 5.13. The minimum atomic E-state index is 0.470. The molecule has 1 radical (unpaired) electrons. The lowest BCUT2D eigenvalue weighted by Gasteiger charge is -2.03. The van der Waals surface area contributed by atoms with Crippen molar-refractivity contribution in [2.24, 2.45) is 7.05 Å². The Bertz CT molecular complexity index is 702. The standard InChI is InChI=1S/C11H8ClN4/c1-16-10-7-3-2-6(12)4-9(7)15-11(13)8(10)5-14-16/h3-5H,1H3,(H2,13,15). The maximum Gasteiger partial charge on any atom is 0.135 e. The van der Waals surface area contributed by atoms with Crippen LogP contribution < -0.4 is 5.73 Å². The summed E-state index contributed by atoms with van der Waals surface area (Å²) in [5, 5.41) is 6.51. The molecule has 0 aliphatic rings. The molecule has 16 heavy (non-hydrogen) atoms. The van der Waals surface area contributed by atoms with Gasteiger partial charge in [0.2, 0.25) is 0 Å². The second-order valence-electron chi connectivity index (χ2n) is 3.61. The Morgan fingerprint density at radius 3 is 3.06 bits per heavy atom. The average molecular weight is 232 g/mol. The largest absolute Gasteiger partial charge is 0.383 e. The number of nitrogens with two attached hydrogens (primary N) is 1. The van der Waals surface area contributed by atoms with Crippen molar-refractivity contribution in [2.45, 2.75) is 0 Å². The molecule has 0 fully saturated rings. The number of rotatable bonds is 0. The van der Waals surface area contributed by atoms with Crippen LogP contribution in [0.15, 0.2) is 18.3 Å². The minimum Gasteiger partial charge on any atom is -0.383 e. The van der Waals surface area contributed by atoms with Gasteiger partial charge in [-0.05, 0) is 12.1 Å². The maximum absolute atomic E-state index is 5.88. The molecule has 0 atom stereocenters. The van der Waals surface area contributed by atoms with Gasteiger partial charge in [0.05, 0.1) is 27.6 Å². The van der Waals surface area contributed by atoms with E-state index in [1.165, 1.54) is 0 Å². The van der Waals surface area contributed by atoms with Crippen LogP contribution >= 0.6 is 11.6 Å². The van der Waals surface area contributed by atoms with E-state index in [1.54, 1.807) is 16.9 Å². The Balaban J connectivity index is 2.62. The van der Waals surface area contributed by atoms with Crippen LogP contribution in [0.1, 0.15) is 0 Å². The zero-order valence-corrected chi connectivity index (χ0v) is 9.28. The van der Waals surface area contributed by atoms with Gasteiger partial charge in [-0.15, -0.1) is 0 Å². The van der Waals surface area contributed by atoms with Crippen molar-refractivity contribution < 1.29 is 0 Å². The van der Waals surface area contributed by atoms with E-state index in [2.05, 4.69) is 16.1 Å². The van der Waals surface area contributed by atoms with Crippen LogP contribution in [0.3, 0.4) is 0 Å². The van der Waals surface area contributed by atoms with E-state index in [4.69, 9.17) is 17.3 Å². The molecule has 0 saturated carbocycles. The zero-order valence-electron chi connectivity index (χ0n) is 8.53. The van der Waals surface area contributed by atoms with Crippen LogP contribution in [0.2, 0.25) is 5.02 Å². The molecule has 0 unspecified atom stereocenters. The molecule has 2 N–H and O–H groups in total. The molecule has 0 spiro atoms. The number of halogens is 1. The van der Waals surface area contributed by atoms with Crippen LogP contribution in [-0.2, 0) is 7.05 Å². The number of nitrogens with zero attached hydrogens (tertiary/aromatic N) is 3. The normalized spacial score (nSPS) is 11.4.